The van der Waals surface area contributed by atoms with Crippen molar-refractivity contribution in [2.45, 2.75) is 13.8 Å². The number of hydrogen-bond acceptors (Lipinski definition) is 5. The molecule has 2 aromatic heterocycles. The SMILES string of the molecule is COc1cccc(F)c1-c1nc(N)c2c(C)c(C)sc2n1. The molecule has 2 N–H and O–H groups in total. The summed E-state index contributed by atoms with van der Waals surface area (Å²) in [5, 5.41) is 0.844. The summed E-state index contributed by atoms with van der Waals surface area (Å²) in [5.41, 5.74) is 7.35. The highest BCUT2D eigenvalue weighted by molar-refractivity contribution is 7.18. The molecule has 0 atom stereocenters. The van der Waals surface area contributed by atoms with Crippen LogP contribution in [-0.2, 0) is 0 Å². The number of halogens is 1. The van der Waals surface area contributed by atoms with Crippen LogP contribution in [0.2, 0.25) is 0 Å². The van der Waals surface area contributed by atoms with Gasteiger partial charge in [-0.25, -0.2) is 14.4 Å². The summed E-state index contributed by atoms with van der Waals surface area (Å²) in [5.74, 6) is 0.565. The second-order valence-corrected chi connectivity index (χ2v) is 5.92. The van der Waals surface area contributed by atoms with Gasteiger partial charge in [-0.05, 0) is 31.5 Å². The summed E-state index contributed by atoms with van der Waals surface area (Å²) < 4.78 is 19.3. The molecule has 0 spiro atoms. The quantitative estimate of drug-likeness (QED) is 0.784. The van der Waals surface area contributed by atoms with Crippen molar-refractivity contribution in [3.05, 3.63) is 34.5 Å². The lowest BCUT2D eigenvalue weighted by molar-refractivity contribution is 0.413. The van der Waals surface area contributed by atoms with E-state index in [4.69, 9.17) is 10.5 Å². The number of ether oxygens (including phenoxy) is 1. The first-order valence-electron chi connectivity index (χ1n) is 6.39. The van der Waals surface area contributed by atoms with E-state index < -0.39 is 5.82 Å². The van der Waals surface area contributed by atoms with E-state index in [9.17, 15) is 4.39 Å². The third-order valence-corrected chi connectivity index (χ3v) is 4.58. The zero-order chi connectivity index (χ0) is 15.1. The molecule has 1 aromatic carbocycles. The topological polar surface area (TPSA) is 61.0 Å². The predicted molar refractivity (Wildman–Crippen MR) is 83.2 cm³/mol. The summed E-state index contributed by atoms with van der Waals surface area (Å²) in [7, 11) is 1.49. The van der Waals surface area contributed by atoms with Crippen molar-refractivity contribution in [1.29, 1.82) is 0 Å². The molecule has 108 valence electrons. The van der Waals surface area contributed by atoms with Gasteiger partial charge < -0.3 is 10.5 Å². The van der Waals surface area contributed by atoms with Crippen LogP contribution in [0.4, 0.5) is 10.2 Å². The van der Waals surface area contributed by atoms with Gasteiger partial charge in [0.15, 0.2) is 5.82 Å². The Labute approximate surface area is 125 Å². The fourth-order valence-corrected chi connectivity index (χ4v) is 3.32. The van der Waals surface area contributed by atoms with Gasteiger partial charge in [0, 0.05) is 4.88 Å². The molecule has 0 aliphatic carbocycles. The number of nitrogens with zero attached hydrogens (tertiary/aromatic N) is 2. The van der Waals surface area contributed by atoms with E-state index in [2.05, 4.69) is 9.97 Å². The Hall–Kier alpha value is -2.21. The van der Waals surface area contributed by atoms with Gasteiger partial charge in [-0.15, -0.1) is 11.3 Å². The number of nitrogens with two attached hydrogens (primary N) is 1. The average Bonchev–Trinajstić information content (AvgIpc) is 2.73. The van der Waals surface area contributed by atoms with Crippen LogP contribution in [0.25, 0.3) is 21.6 Å². The van der Waals surface area contributed by atoms with Crippen LogP contribution >= 0.6 is 11.3 Å². The molecule has 0 radical (unpaired) electrons. The highest BCUT2D eigenvalue weighted by Gasteiger charge is 2.18. The van der Waals surface area contributed by atoms with E-state index in [0.29, 0.717) is 11.6 Å². The van der Waals surface area contributed by atoms with Gasteiger partial charge in [0.25, 0.3) is 0 Å². The van der Waals surface area contributed by atoms with E-state index in [1.165, 1.54) is 24.5 Å². The molecule has 3 rings (SSSR count). The number of methoxy groups -OCH3 is 1. The Bertz CT molecular complexity index is 845. The third-order valence-electron chi connectivity index (χ3n) is 3.48. The van der Waals surface area contributed by atoms with Gasteiger partial charge in [-0.1, -0.05) is 6.07 Å². The highest BCUT2D eigenvalue weighted by atomic mass is 32.1. The fraction of sp³-hybridized carbons (Fsp3) is 0.200. The normalized spacial score (nSPS) is 11.0. The maximum absolute atomic E-state index is 14.1. The number of benzene rings is 1. The van der Waals surface area contributed by atoms with Gasteiger partial charge in [0.2, 0.25) is 0 Å². The van der Waals surface area contributed by atoms with E-state index >= 15 is 0 Å². The molecule has 3 aromatic rings. The molecule has 0 bridgehead atoms. The second-order valence-electron chi connectivity index (χ2n) is 4.71. The molecule has 0 saturated heterocycles. The van der Waals surface area contributed by atoms with E-state index in [0.717, 1.165) is 20.7 Å². The predicted octanol–water partition coefficient (Wildman–Crippen LogP) is 3.71. The number of rotatable bonds is 2. The zero-order valence-electron chi connectivity index (χ0n) is 11.9. The first-order chi connectivity index (χ1) is 10.0. The summed E-state index contributed by atoms with van der Waals surface area (Å²) in [6.07, 6.45) is 0. The standard InChI is InChI=1S/C15H14FN3OS/c1-7-8(2)21-15-11(7)13(17)18-14(19-15)12-9(16)5-4-6-10(12)20-3/h4-6H,1-3H3,(H2,17,18,19). The number of aromatic nitrogens is 2. The first kappa shape index (κ1) is 13.8. The van der Waals surface area contributed by atoms with Crippen LogP contribution in [0.1, 0.15) is 10.4 Å². The molecular weight excluding hydrogens is 289 g/mol. The van der Waals surface area contributed by atoms with Gasteiger partial charge in [-0.3, -0.25) is 0 Å². The number of anilines is 1. The summed E-state index contributed by atoms with van der Waals surface area (Å²) in [6, 6.07) is 4.61. The second kappa shape index (κ2) is 4.96. The molecule has 2 heterocycles. The zero-order valence-corrected chi connectivity index (χ0v) is 12.7. The van der Waals surface area contributed by atoms with Crippen molar-refractivity contribution in [2.75, 3.05) is 12.8 Å². The lowest BCUT2D eigenvalue weighted by Crippen LogP contribution is -2.00. The molecule has 0 saturated carbocycles. The lowest BCUT2D eigenvalue weighted by Gasteiger charge is -2.09. The van der Waals surface area contributed by atoms with Crippen LogP contribution in [0, 0.1) is 19.7 Å². The van der Waals surface area contributed by atoms with Crippen LogP contribution < -0.4 is 10.5 Å². The molecule has 21 heavy (non-hydrogen) atoms. The molecule has 0 aliphatic heterocycles. The minimum absolute atomic E-state index is 0.234. The number of hydrogen-bond donors (Lipinski definition) is 1. The smallest absolute Gasteiger partial charge is 0.169 e. The summed E-state index contributed by atoms with van der Waals surface area (Å²) >= 11 is 1.53. The van der Waals surface area contributed by atoms with Crippen molar-refractivity contribution in [2.24, 2.45) is 0 Å². The van der Waals surface area contributed by atoms with Crippen LogP contribution in [-0.4, -0.2) is 17.1 Å². The van der Waals surface area contributed by atoms with Gasteiger partial charge in [0.05, 0.1) is 18.1 Å². The molecule has 0 fully saturated rings. The third kappa shape index (κ3) is 2.12. The Morgan fingerprint density at radius 3 is 2.71 bits per heavy atom. The minimum Gasteiger partial charge on any atom is -0.496 e. The van der Waals surface area contributed by atoms with Crippen LogP contribution in [0.15, 0.2) is 18.2 Å². The Balaban J connectivity index is 2.32. The van der Waals surface area contributed by atoms with Crippen molar-refractivity contribution in [1.82, 2.24) is 9.97 Å². The summed E-state index contributed by atoms with van der Waals surface area (Å²) in [4.78, 5) is 10.6. The summed E-state index contributed by atoms with van der Waals surface area (Å²) in [6.45, 7) is 3.99. The Morgan fingerprint density at radius 1 is 1.24 bits per heavy atom. The maximum Gasteiger partial charge on any atom is 0.169 e. The molecule has 0 unspecified atom stereocenters. The average molecular weight is 303 g/mol. The molecular formula is C15H14FN3OS. The van der Waals surface area contributed by atoms with Crippen molar-refractivity contribution >= 4 is 27.4 Å². The van der Waals surface area contributed by atoms with Gasteiger partial charge in [-0.2, -0.15) is 0 Å². The van der Waals surface area contributed by atoms with Crippen LogP contribution in [0.5, 0.6) is 5.75 Å². The van der Waals surface area contributed by atoms with E-state index in [-0.39, 0.29) is 11.4 Å². The van der Waals surface area contributed by atoms with Gasteiger partial charge >= 0.3 is 0 Å². The first-order valence-corrected chi connectivity index (χ1v) is 7.20. The lowest BCUT2D eigenvalue weighted by atomic mass is 10.1. The van der Waals surface area contributed by atoms with Crippen LogP contribution in [0.3, 0.4) is 0 Å². The minimum atomic E-state index is -0.432. The fourth-order valence-electron chi connectivity index (χ4n) is 2.28. The van der Waals surface area contributed by atoms with Crippen molar-refractivity contribution in [3.63, 3.8) is 0 Å². The number of thiophene rings is 1. The highest BCUT2D eigenvalue weighted by Crippen LogP contribution is 2.36. The van der Waals surface area contributed by atoms with Crippen molar-refractivity contribution in [3.8, 4) is 17.1 Å². The number of aryl methyl sites for hydroxylation is 2. The van der Waals surface area contributed by atoms with E-state index in [1.807, 2.05) is 13.8 Å². The number of fused-ring (bicyclic) bond motifs is 1. The monoisotopic (exact) mass is 303 g/mol. The maximum atomic E-state index is 14.1. The van der Waals surface area contributed by atoms with Crippen molar-refractivity contribution < 1.29 is 9.13 Å². The van der Waals surface area contributed by atoms with E-state index in [1.54, 1.807) is 12.1 Å². The molecule has 0 aliphatic rings. The molecule has 0 amide bonds. The Morgan fingerprint density at radius 2 is 2.00 bits per heavy atom. The number of nitrogen functional groups attached to an aromatic ring is 1. The Kier molecular flexibility index (Phi) is 3.25. The largest absolute Gasteiger partial charge is 0.496 e. The molecule has 4 nitrogen and oxygen atoms in total. The molecule has 6 heteroatoms. The van der Waals surface area contributed by atoms with Gasteiger partial charge in [0.1, 0.15) is 22.2 Å².